The number of nitrogens with one attached hydrogen (secondary N) is 1. The topological polar surface area (TPSA) is 81.2 Å². The van der Waals surface area contributed by atoms with E-state index in [1.807, 2.05) is 31.2 Å². The minimum atomic E-state index is -0.104. The number of hydrogen-bond acceptors (Lipinski definition) is 6. The van der Waals surface area contributed by atoms with Crippen molar-refractivity contribution in [3.8, 4) is 11.7 Å². The first-order valence-electron chi connectivity index (χ1n) is 7.17. The van der Waals surface area contributed by atoms with E-state index in [0.717, 1.165) is 10.0 Å². The molecule has 0 aliphatic heterocycles. The van der Waals surface area contributed by atoms with Crippen LogP contribution in [-0.4, -0.2) is 21.9 Å². The van der Waals surface area contributed by atoms with Crippen LogP contribution in [0.3, 0.4) is 0 Å². The molecular weight excluding hydrogens is 394 g/mol. The van der Waals surface area contributed by atoms with Gasteiger partial charge in [-0.2, -0.15) is 0 Å². The van der Waals surface area contributed by atoms with Gasteiger partial charge in [0.2, 0.25) is 5.91 Å². The van der Waals surface area contributed by atoms with Crippen LogP contribution in [0.25, 0.3) is 11.7 Å². The van der Waals surface area contributed by atoms with Gasteiger partial charge >= 0.3 is 0 Å². The molecule has 0 aliphatic rings. The molecule has 0 fully saturated rings. The maximum absolute atomic E-state index is 12.1. The van der Waals surface area contributed by atoms with Gasteiger partial charge in [0.1, 0.15) is 0 Å². The molecule has 1 aromatic carbocycles. The molecule has 0 saturated heterocycles. The standard InChI is InChI=1S/C16H14BrN3O3S/c1-10(11-4-6-12(17)7-5-11)18-14(21)9-24-16-20-19-15(23-16)13-3-2-8-22-13/h2-8,10H,9H2,1H3,(H,18,21)/t10-/m0/s1. The third-order valence-electron chi connectivity index (χ3n) is 3.21. The quantitative estimate of drug-likeness (QED) is 0.620. The number of carbonyl (C=O) groups is 1. The molecule has 1 atom stereocenters. The van der Waals surface area contributed by atoms with Crippen molar-refractivity contribution in [1.82, 2.24) is 15.5 Å². The van der Waals surface area contributed by atoms with Crippen molar-refractivity contribution < 1.29 is 13.6 Å². The zero-order valence-corrected chi connectivity index (χ0v) is 15.1. The molecule has 2 heterocycles. The molecule has 0 unspecified atom stereocenters. The summed E-state index contributed by atoms with van der Waals surface area (Å²) >= 11 is 4.58. The normalized spacial score (nSPS) is 12.1. The van der Waals surface area contributed by atoms with Crippen LogP contribution in [-0.2, 0) is 4.79 Å². The summed E-state index contributed by atoms with van der Waals surface area (Å²) in [6.45, 7) is 1.94. The molecule has 8 heteroatoms. The lowest BCUT2D eigenvalue weighted by molar-refractivity contribution is -0.119. The van der Waals surface area contributed by atoms with Crippen LogP contribution in [0.1, 0.15) is 18.5 Å². The highest BCUT2D eigenvalue weighted by molar-refractivity contribution is 9.10. The van der Waals surface area contributed by atoms with E-state index in [0.29, 0.717) is 16.9 Å². The zero-order valence-electron chi connectivity index (χ0n) is 12.7. The third kappa shape index (κ3) is 4.27. The van der Waals surface area contributed by atoms with Crippen LogP contribution in [0.4, 0.5) is 0 Å². The molecule has 1 amide bonds. The highest BCUT2D eigenvalue weighted by atomic mass is 79.9. The summed E-state index contributed by atoms with van der Waals surface area (Å²) in [7, 11) is 0. The number of rotatable bonds is 6. The lowest BCUT2D eigenvalue weighted by atomic mass is 10.1. The number of amides is 1. The molecule has 24 heavy (non-hydrogen) atoms. The van der Waals surface area contributed by atoms with Crippen molar-refractivity contribution in [3.63, 3.8) is 0 Å². The SMILES string of the molecule is C[C@H](NC(=O)CSc1nnc(-c2ccco2)o1)c1ccc(Br)cc1. The maximum atomic E-state index is 12.1. The molecule has 3 rings (SSSR count). The van der Waals surface area contributed by atoms with E-state index in [9.17, 15) is 4.79 Å². The number of furan rings is 1. The molecule has 124 valence electrons. The van der Waals surface area contributed by atoms with E-state index in [1.54, 1.807) is 12.1 Å². The lowest BCUT2D eigenvalue weighted by Gasteiger charge is -2.13. The Bertz CT molecular complexity index is 802. The fourth-order valence-electron chi connectivity index (χ4n) is 2.01. The van der Waals surface area contributed by atoms with Gasteiger partial charge in [-0.25, -0.2) is 0 Å². The Balaban J connectivity index is 1.51. The van der Waals surface area contributed by atoms with Crippen molar-refractivity contribution in [2.24, 2.45) is 0 Å². The van der Waals surface area contributed by atoms with E-state index in [4.69, 9.17) is 8.83 Å². The number of hydrogen-bond donors (Lipinski definition) is 1. The van der Waals surface area contributed by atoms with E-state index < -0.39 is 0 Å². The molecule has 2 aromatic heterocycles. The van der Waals surface area contributed by atoms with Gasteiger partial charge in [-0.1, -0.05) is 39.8 Å². The molecule has 0 radical (unpaired) electrons. The predicted molar refractivity (Wildman–Crippen MR) is 93.4 cm³/mol. The van der Waals surface area contributed by atoms with Crippen molar-refractivity contribution >= 4 is 33.6 Å². The minimum Gasteiger partial charge on any atom is -0.459 e. The second-order valence-corrected chi connectivity index (χ2v) is 6.82. The summed E-state index contributed by atoms with van der Waals surface area (Å²) in [5.41, 5.74) is 1.04. The van der Waals surface area contributed by atoms with Crippen LogP contribution in [0.5, 0.6) is 0 Å². The first-order valence-corrected chi connectivity index (χ1v) is 8.94. The Kier molecular flexibility index (Phi) is 5.37. The molecule has 3 aromatic rings. The number of halogens is 1. The number of thioether (sulfide) groups is 1. The first-order chi connectivity index (χ1) is 11.6. The van der Waals surface area contributed by atoms with Crippen molar-refractivity contribution in [2.75, 3.05) is 5.75 Å². The summed E-state index contributed by atoms with van der Waals surface area (Å²) in [6.07, 6.45) is 1.53. The Hall–Kier alpha value is -2.06. The summed E-state index contributed by atoms with van der Waals surface area (Å²) in [5.74, 6) is 0.891. The Morgan fingerprint density at radius 1 is 1.29 bits per heavy atom. The highest BCUT2D eigenvalue weighted by Crippen LogP contribution is 2.23. The summed E-state index contributed by atoms with van der Waals surface area (Å²) in [5, 5.41) is 11.0. The summed E-state index contributed by atoms with van der Waals surface area (Å²) in [4.78, 5) is 12.1. The average molecular weight is 408 g/mol. The Labute approximate surface area is 151 Å². The monoisotopic (exact) mass is 407 g/mol. The second kappa shape index (κ2) is 7.67. The minimum absolute atomic E-state index is 0.0763. The highest BCUT2D eigenvalue weighted by Gasteiger charge is 2.14. The fourth-order valence-corrected chi connectivity index (χ4v) is 2.85. The van der Waals surface area contributed by atoms with E-state index in [2.05, 4.69) is 31.4 Å². The van der Waals surface area contributed by atoms with Crippen LogP contribution in [0.15, 0.2) is 61.2 Å². The molecule has 6 nitrogen and oxygen atoms in total. The van der Waals surface area contributed by atoms with E-state index >= 15 is 0 Å². The van der Waals surface area contributed by atoms with Gasteiger partial charge in [-0.05, 0) is 36.8 Å². The molecule has 0 saturated carbocycles. The van der Waals surface area contributed by atoms with Gasteiger partial charge in [0.05, 0.1) is 18.1 Å². The molecule has 0 spiro atoms. The van der Waals surface area contributed by atoms with Crippen LogP contribution >= 0.6 is 27.7 Å². The molecular formula is C16H14BrN3O3S. The van der Waals surface area contributed by atoms with Crippen molar-refractivity contribution in [3.05, 3.63) is 52.7 Å². The Morgan fingerprint density at radius 3 is 2.79 bits per heavy atom. The number of aromatic nitrogens is 2. The predicted octanol–water partition coefficient (Wildman–Crippen LogP) is 4.06. The van der Waals surface area contributed by atoms with E-state index in [1.165, 1.54) is 18.0 Å². The number of benzene rings is 1. The number of nitrogens with zero attached hydrogens (tertiary/aromatic N) is 2. The second-order valence-electron chi connectivity index (χ2n) is 4.98. The summed E-state index contributed by atoms with van der Waals surface area (Å²) in [6, 6.07) is 11.2. The van der Waals surface area contributed by atoms with Crippen LogP contribution in [0, 0.1) is 0 Å². The summed E-state index contributed by atoms with van der Waals surface area (Å²) < 4.78 is 11.6. The van der Waals surface area contributed by atoms with Gasteiger partial charge in [-0.15, -0.1) is 10.2 Å². The molecule has 0 aliphatic carbocycles. The fraction of sp³-hybridized carbons (Fsp3) is 0.188. The Morgan fingerprint density at radius 2 is 2.08 bits per heavy atom. The zero-order chi connectivity index (χ0) is 16.9. The average Bonchev–Trinajstić information content (AvgIpc) is 3.25. The van der Waals surface area contributed by atoms with Crippen molar-refractivity contribution in [1.29, 1.82) is 0 Å². The largest absolute Gasteiger partial charge is 0.459 e. The lowest BCUT2D eigenvalue weighted by Crippen LogP contribution is -2.28. The van der Waals surface area contributed by atoms with Gasteiger partial charge < -0.3 is 14.2 Å². The van der Waals surface area contributed by atoms with Gasteiger partial charge in [-0.3, -0.25) is 4.79 Å². The van der Waals surface area contributed by atoms with E-state index in [-0.39, 0.29) is 17.7 Å². The maximum Gasteiger partial charge on any atom is 0.284 e. The van der Waals surface area contributed by atoms with Crippen molar-refractivity contribution in [2.45, 2.75) is 18.2 Å². The van der Waals surface area contributed by atoms with Gasteiger partial charge in [0.25, 0.3) is 11.1 Å². The van der Waals surface area contributed by atoms with Crippen LogP contribution < -0.4 is 5.32 Å². The smallest absolute Gasteiger partial charge is 0.284 e. The van der Waals surface area contributed by atoms with Crippen LogP contribution in [0.2, 0.25) is 0 Å². The van der Waals surface area contributed by atoms with Gasteiger partial charge in [0, 0.05) is 4.47 Å². The molecule has 0 bridgehead atoms. The number of carbonyl (C=O) groups excluding carboxylic acids is 1. The first kappa shape index (κ1) is 16.8. The third-order valence-corrected chi connectivity index (χ3v) is 4.56. The van der Waals surface area contributed by atoms with Gasteiger partial charge in [0.15, 0.2) is 5.76 Å². The molecule has 1 N–H and O–H groups in total.